The number of carbonyl (C=O) groups excluding carboxylic acids is 1. The number of sulfonamides is 1. The molecule has 1 aliphatic heterocycles. The van der Waals surface area contributed by atoms with Crippen LogP contribution in [0.15, 0.2) is 47.4 Å². The molecule has 1 fully saturated rings. The van der Waals surface area contributed by atoms with Crippen molar-refractivity contribution in [3.05, 3.63) is 58.1 Å². The summed E-state index contributed by atoms with van der Waals surface area (Å²) in [6.45, 7) is 1.33. The van der Waals surface area contributed by atoms with Gasteiger partial charge >= 0.3 is 0 Å². The van der Waals surface area contributed by atoms with E-state index in [9.17, 15) is 13.2 Å². The zero-order chi connectivity index (χ0) is 18.7. The Morgan fingerprint density at radius 3 is 2.54 bits per heavy atom. The van der Waals surface area contributed by atoms with E-state index in [2.05, 4.69) is 5.32 Å². The molecule has 0 atom stereocenters. The molecule has 9 heteroatoms. The van der Waals surface area contributed by atoms with Gasteiger partial charge in [0.1, 0.15) is 0 Å². The molecule has 26 heavy (non-hydrogen) atoms. The number of hydrogen-bond donors (Lipinski definition) is 1. The monoisotopic (exact) mass is 414 g/mol. The van der Waals surface area contributed by atoms with Crippen molar-refractivity contribution in [3.8, 4) is 0 Å². The van der Waals surface area contributed by atoms with Crippen molar-refractivity contribution in [2.45, 2.75) is 4.90 Å². The van der Waals surface area contributed by atoms with Crippen LogP contribution in [0, 0.1) is 0 Å². The Morgan fingerprint density at radius 2 is 1.81 bits per heavy atom. The SMILES string of the molecule is O=C(Nc1cccc(S(=O)(=O)N2CCOCC2)c1)c1cc(Cl)ccc1Cl. The summed E-state index contributed by atoms with van der Waals surface area (Å²) >= 11 is 11.9. The zero-order valence-electron chi connectivity index (χ0n) is 13.6. The topological polar surface area (TPSA) is 75.7 Å². The molecule has 1 N–H and O–H groups in total. The first-order chi connectivity index (χ1) is 12.4. The Bertz CT molecular complexity index is 928. The number of morpholine rings is 1. The number of carbonyl (C=O) groups is 1. The maximum Gasteiger partial charge on any atom is 0.257 e. The summed E-state index contributed by atoms with van der Waals surface area (Å²) < 4.78 is 32.0. The fraction of sp³-hybridized carbons (Fsp3) is 0.235. The lowest BCUT2D eigenvalue weighted by atomic mass is 10.2. The molecule has 0 spiro atoms. The second-order valence-corrected chi connectivity index (χ2v) is 8.40. The molecule has 0 saturated carbocycles. The highest BCUT2D eigenvalue weighted by Gasteiger charge is 2.26. The predicted octanol–water partition coefficient (Wildman–Crippen LogP) is 3.27. The molecule has 2 aromatic carbocycles. The molecule has 0 bridgehead atoms. The fourth-order valence-corrected chi connectivity index (χ4v) is 4.37. The maximum atomic E-state index is 12.7. The van der Waals surface area contributed by atoms with E-state index in [1.807, 2.05) is 0 Å². The van der Waals surface area contributed by atoms with E-state index in [0.29, 0.717) is 37.0 Å². The average Bonchev–Trinajstić information content (AvgIpc) is 2.64. The molecule has 138 valence electrons. The third kappa shape index (κ3) is 4.19. The van der Waals surface area contributed by atoms with Crippen molar-refractivity contribution in [3.63, 3.8) is 0 Å². The number of nitrogens with one attached hydrogen (secondary N) is 1. The molecule has 1 saturated heterocycles. The highest BCUT2D eigenvalue weighted by molar-refractivity contribution is 7.89. The third-order valence-electron chi connectivity index (χ3n) is 3.87. The van der Waals surface area contributed by atoms with Crippen molar-refractivity contribution >= 4 is 44.8 Å². The molecule has 0 aromatic heterocycles. The molecule has 1 amide bonds. The highest BCUT2D eigenvalue weighted by Crippen LogP contribution is 2.24. The van der Waals surface area contributed by atoms with Gasteiger partial charge in [0.15, 0.2) is 0 Å². The van der Waals surface area contributed by atoms with Gasteiger partial charge in [0.05, 0.1) is 28.7 Å². The van der Waals surface area contributed by atoms with E-state index in [0.717, 1.165) is 0 Å². The second-order valence-electron chi connectivity index (χ2n) is 5.62. The number of benzene rings is 2. The van der Waals surface area contributed by atoms with E-state index in [4.69, 9.17) is 27.9 Å². The Morgan fingerprint density at radius 1 is 1.08 bits per heavy atom. The zero-order valence-corrected chi connectivity index (χ0v) is 15.9. The average molecular weight is 415 g/mol. The largest absolute Gasteiger partial charge is 0.379 e. The van der Waals surface area contributed by atoms with Gasteiger partial charge in [-0.2, -0.15) is 4.31 Å². The maximum absolute atomic E-state index is 12.7. The van der Waals surface area contributed by atoms with E-state index < -0.39 is 15.9 Å². The molecule has 3 rings (SSSR count). The van der Waals surface area contributed by atoms with Gasteiger partial charge in [-0.3, -0.25) is 4.79 Å². The summed E-state index contributed by atoms with van der Waals surface area (Å²) in [6, 6.07) is 10.6. The number of nitrogens with zero attached hydrogens (tertiary/aromatic N) is 1. The van der Waals surface area contributed by atoms with Crippen molar-refractivity contribution < 1.29 is 17.9 Å². The lowest BCUT2D eigenvalue weighted by molar-refractivity contribution is 0.0730. The molecule has 6 nitrogen and oxygen atoms in total. The van der Waals surface area contributed by atoms with Crippen LogP contribution in [-0.2, 0) is 14.8 Å². The van der Waals surface area contributed by atoms with Crippen LogP contribution in [0.1, 0.15) is 10.4 Å². The third-order valence-corrected chi connectivity index (χ3v) is 6.33. The minimum Gasteiger partial charge on any atom is -0.379 e. The van der Waals surface area contributed by atoms with Gasteiger partial charge in [-0.1, -0.05) is 29.3 Å². The van der Waals surface area contributed by atoms with E-state index in [1.165, 1.54) is 28.6 Å². The van der Waals surface area contributed by atoms with Crippen LogP contribution in [0.3, 0.4) is 0 Å². The van der Waals surface area contributed by atoms with Crippen molar-refractivity contribution in [1.29, 1.82) is 0 Å². The second kappa shape index (κ2) is 7.94. The minimum atomic E-state index is -3.64. The number of halogens is 2. The molecule has 1 heterocycles. The first-order valence-electron chi connectivity index (χ1n) is 7.82. The van der Waals surface area contributed by atoms with Gasteiger partial charge < -0.3 is 10.1 Å². The Labute approximate surface area is 161 Å². The van der Waals surface area contributed by atoms with Crippen LogP contribution in [0.4, 0.5) is 5.69 Å². The Hall–Kier alpha value is -1.64. The summed E-state index contributed by atoms with van der Waals surface area (Å²) in [5.41, 5.74) is 0.556. The summed E-state index contributed by atoms with van der Waals surface area (Å²) in [5.74, 6) is -0.474. The molecule has 1 aliphatic rings. The highest BCUT2D eigenvalue weighted by atomic mass is 35.5. The summed E-state index contributed by atoms with van der Waals surface area (Å²) in [4.78, 5) is 12.5. The predicted molar refractivity (Wildman–Crippen MR) is 100 cm³/mol. The van der Waals surface area contributed by atoms with Crippen LogP contribution >= 0.6 is 23.2 Å². The minimum absolute atomic E-state index is 0.106. The lowest BCUT2D eigenvalue weighted by Gasteiger charge is -2.26. The van der Waals surface area contributed by atoms with Crippen molar-refractivity contribution in [2.24, 2.45) is 0 Å². The van der Waals surface area contributed by atoms with Gasteiger partial charge in [0.25, 0.3) is 5.91 Å². The Kier molecular flexibility index (Phi) is 5.84. The van der Waals surface area contributed by atoms with Gasteiger partial charge in [0.2, 0.25) is 10.0 Å². The van der Waals surface area contributed by atoms with Crippen molar-refractivity contribution in [2.75, 3.05) is 31.6 Å². The number of rotatable bonds is 4. The van der Waals surface area contributed by atoms with Crippen LogP contribution in [0.2, 0.25) is 10.0 Å². The van der Waals surface area contributed by atoms with Gasteiger partial charge in [-0.15, -0.1) is 0 Å². The Balaban J connectivity index is 1.83. The molecular formula is C17H16Cl2N2O4S. The molecule has 0 aliphatic carbocycles. The molecule has 2 aromatic rings. The number of anilines is 1. The van der Waals surface area contributed by atoms with E-state index >= 15 is 0 Å². The quantitative estimate of drug-likeness (QED) is 0.832. The first kappa shape index (κ1) is 19.1. The van der Waals surface area contributed by atoms with Crippen LogP contribution in [0.25, 0.3) is 0 Å². The standard InChI is InChI=1S/C17H16Cl2N2O4S/c18-12-4-5-16(19)15(10-12)17(22)20-13-2-1-3-14(11-13)26(23,24)21-6-8-25-9-7-21/h1-5,10-11H,6-9H2,(H,20,22). The van der Waals surface area contributed by atoms with E-state index in [1.54, 1.807) is 18.2 Å². The lowest BCUT2D eigenvalue weighted by Crippen LogP contribution is -2.40. The van der Waals surface area contributed by atoms with Crippen LogP contribution in [0.5, 0.6) is 0 Å². The van der Waals surface area contributed by atoms with Gasteiger partial charge in [0, 0.05) is 23.8 Å². The fourth-order valence-electron chi connectivity index (χ4n) is 2.54. The van der Waals surface area contributed by atoms with E-state index in [-0.39, 0.29) is 15.5 Å². The summed E-state index contributed by atoms with van der Waals surface area (Å²) in [7, 11) is -3.64. The number of ether oxygens (including phenoxy) is 1. The van der Waals surface area contributed by atoms with Gasteiger partial charge in [-0.25, -0.2) is 8.42 Å². The number of hydrogen-bond acceptors (Lipinski definition) is 4. The van der Waals surface area contributed by atoms with Gasteiger partial charge in [-0.05, 0) is 36.4 Å². The normalized spacial score (nSPS) is 15.6. The smallest absolute Gasteiger partial charge is 0.257 e. The summed E-state index contributed by atoms with van der Waals surface area (Å²) in [6.07, 6.45) is 0. The molecule has 0 unspecified atom stereocenters. The van der Waals surface area contributed by atoms with Crippen LogP contribution < -0.4 is 5.32 Å². The first-order valence-corrected chi connectivity index (χ1v) is 10.0. The molecular weight excluding hydrogens is 399 g/mol. The van der Waals surface area contributed by atoms with Crippen molar-refractivity contribution in [1.82, 2.24) is 4.31 Å². The number of amides is 1. The summed E-state index contributed by atoms with van der Waals surface area (Å²) in [5, 5.41) is 3.28. The van der Waals surface area contributed by atoms with Crippen LogP contribution in [-0.4, -0.2) is 44.9 Å². The molecule has 0 radical (unpaired) electrons.